The maximum atomic E-state index is 2.33. The number of nitrogens with zero attached hydrogens (tertiary/aromatic N) is 2. The van der Waals surface area contributed by atoms with E-state index in [1.807, 2.05) is 0 Å². The predicted molar refractivity (Wildman–Crippen MR) is 107 cm³/mol. The van der Waals surface area contributed by atoms with E-state index in [4.69, 9.17) is 0 Å². The lowest BCUT2D eigenvalue weighted by Gasteiger charge is -2.02. The van der Waals surface area contributed by atoms with Crippen LogP contribution in [0.2, 0.25) is 0 Å². The minimum Gasteiger partial charge on any atom is -0.237 e. The average molecular weight is 342 g/mol. The molecule has 2 nitrogen and oxygen atoms in total. The Bertz CT molecular complexity index is 544. The van der Waals surface area contributed by atoms with Crippen LogP contribution in [-0.4, -0.2) is 4.57 Å². The molecule has 0 spiro atoms. The monoisotopic (exact) mass is 341 g/mol. The molecule has 0 unspecified atom stereocenters. The molecule has 0 amide bonds. The van der Waals surface area contributed by atoms with Crippen LogP contribution in [0, 0.1) is 0 Å². The SMILES string of the molecule is CCCCCCCCCCCCCn1cc[n+](Cc2ccccc2)c1. The highest BCUT2D eigenvalue weighted by Crippen LogP contribution is 2.11. The van der Waals surface area contributed by atoms with E-state index in [-0.39, 0.29) is 0 Å². The molecule has 0 bridgehead atoms. The van der Waals surface area contributed by atoms with Gasteiger partial charge in [0.1, 0.15) is 18.9 Å². The van der Waals surface area contributed by atoms with E-state index < -0.39 is 0 Å². The fraction of sp³-hybridized carbons (Fsp3) is 0.609. The molecule has 0 atom stereocenters. The molecule has 25 heavy (non-hydrogen) atoms. The molecule has 0 aliphatic carbocycles. The van der Waals surface area contributed by atoms with Crippen molar-refractivity contribution in [2.24, 2.45) is 0 Å². The summed E-state index contributed by atoms with van der Waals surface area (Å²) in [5.41, 5.74) is 1.36. The Morgan fingerprint density at radius 3 is 2.00 bits per heavy atom. The van der Waals surface area contributed by atoms with Crippen LogP contribution in [0.25, 0.3) is 0 Å². The third-order valence-electron chi connectivity index (χ3n) is 4.97. The standard InChI is InChI=1S/C23H37N2/c1-2-3-4-5-6-7-8-9-10-11-15-18-24-19-20-25(22-24)21-23-16-13-12-14-17-23/h12-14,16-17,19-20,22H,2-11,15,18,21H2,1H3/q+1. The first-order chi connectivity index (χ1) is 12.4. The summed E-state index contributed by atoms with van der Waals surface area (Å²) >= 11 is 0. The van der Waals surface area contributed by atoms with Gasteiger partial charge in [0.25, 0.3) is 0 Å². The third kappa shape index (κ3) is 8.90. The van der Waals surface area contributed by atoms with Gasteiger partial charge >= 0.3 is 0 Å². The molecule has 0 fully saturated rings. The van der Waals surface area contributed by atoms with Gasteiger partial charge in [-0.1, -0.05) is 95.0 Å². The van der Waals surface area contributed by atoms with Gasteiger partial charge in [0.2, 0.25) is 6.33 Å². The van der Waals surface area contributed by atoms with Gasteiger partial charge in [0.05, 0.1) is 6.54 Å². The van der Waals surface area contributed by atoms with Crippen LogP contribution in [0.5, 0.6) is 0 Å². The molecule has 2 aromatic rings. The number of unbranched alkanes of at least 4 members (excludes halogenated alkanes) is 10. The van der Waals surface area contributed by atoms with E-state index in [2.05, 4.69) is 65.1 Å². The van der Waals surface area contributed by atoms with Crippen LogP contribution in [0.1, 0.15) is 83.1 Å². The quantitative estimate of drug-likeness (QED) is 0.288. The second-order valence-electron chi connectivity index (χ2n) is 7.34. The lowest BCUT2D eigenvalue weighted by Crippen LogP contribution is -2.31. The van der Waals surface area contributed by atoms with Crippen molar-refractivity contribution >= 4 is 0 Å². The summed E-state index contributed by atoms with van der Waals surface area (Å²) in [4.78, 5) is 0. The summed E-state index contributed by atoms with van der Waals surface area (Å²) in [7, 11) is 0. The second-order valence-corrected chi connectivity index (χ2v) is 7.34. The van der Waals surface area contributed by atoms with Gasteiger partial charge in [-0.15, -0.1) is 0 Å². The van der Waals surface area contributed by atoms with Crippen molar-refractivity contribution < 1.29 is 4.57 Å². The zero-order valence-electron chi connectivity index (χ0n) is 16.2. The zero-order chi connectivity index (χ0) is 17.6. The first-order valence-corrected chi connectivity index (χ1v) is 10.5. The number of benzene rings is 1. The Labute approximate surface area is 154 Å². The summed E-state index contributed by atoms with van der Waals surface area (Å²) in [6, 6.07) is 10.7. The minimum absolute atomic E-state index is 0.964. The van der Waals surface area contributed by atoms with Gasteiger partial charge in [-0.3, -0.25) is 0 Å². The summed E-state index contributed by atoms with van der Waals surface area (Å²) in [6.07, 6.45) is 22.1. The number of rotatable bonds is 14. The lowest BCUT2D eigenvalue weighted by atomic mass is 10.1. The van der Waals surface area contributed by atoms with Crippen LogP contribution >= 0.6 is 0 Å². The summed E-state index contributed by atoms with van der Waals surface area (Å²) in [5, 5.41) is 0. The summed E-state index contributed by atoms with van der Waals surface area (Å²) in [5.74, 6) is 0. The number of aryl methyl sites for hydroxylation is 1. The highest BCUT2D eigenvalue weighted by Gasteiger charge is 2.04. The van der Waals surface area contributed by atoms with Crippen molar-refractivity contribution in [3.63, 3.8) is 0 Å². The van der Waals surface area contributed by atoms with E-state index in [1.54, 1.807) is 0 Å². The number of imidazole rings is 1. The normalized spacial score (nSPS) is 11.1. The molecule has 2 heteroatoms. The molecule has 0 aliphatic heterocycles. The fourth-order valence-corrected chi connectivity index (χ4v) is 3.42. The van der Waals surface area contributed by atoms with Gasteiger partial charge in [-0.25, -0.2) is 9.13 Å². The lowest BCUT2D eigenvalue weighted by molar-refractivity contribution is -0.687. The molecule has 1 heterocycles. The van der Waals surface area contributed by atoms with Crippen LogP contribution in [0.3, 0.4) is 0 Å². The third-order valence-corrected chi connectivity index (χ3v) is 4.97. The highest BCUT2D eigenvalue weighted by atomic mass is 15.1. The van der Waals surface area contributed by atoms with Crippen molar-refractivity contribution in [3.8, 4) is 0 Å². The van der Waals surface area contributed by atoms with Crippen molar-refractivity contribution in [3.05, 3.63) is 54.6 Å². The Kier molecular flexibility index (Phi) is 10.1. The maximum absolute atomic E-state index is 2.33. The Hall–Kier alpha value is -1.57. The van der Waals surface area contributed by atoms with Crippen molar-refractivity contribution in [2.75, 3.05) is 0 Å². The minimum atomic E-state index is 0.964. The van der Waals surface area contributed by atoms with E-state index in [9.17, 15) is 0 Å². The van der Waals surface area contributed by atoms with Gasteiger partial charge in [-0.05, 0) is 18.4 Å². The molecule has 138 valence electrons. The molecule has 0 saturated carbocycles. The smallest absolute Gasteiger partial charge is 0.237 e. The van der Waals surface area contributed by atoms with Gasteiger partial charge in [0.15, 0.2) is 0 Å². The molecule has 0 saturated heterocycles. The van der Waals surface area contributed by atoms with E-state index in [1.165, 1.54) is 76.2 Å². The average Bonchev–Trinajstić information content (AvgIpc) is 3.08. The maximum Gasteiger partial charge on any atom is 0.244 e. The second kappa shape index (κ2) is 12.7. The number of aromatic nitrogens is 2. The van der Waals surface area contributed by atoms with Crippen LogP contribution in [-0.2, 0) is 13.1 Å². The van der Waals surface area contributed by atoms with Crippen molar-refractivity contribution in [2.45, 2.75) is 90.6 Å². The number of hydrogen-bond donors (Lipinski definition) is 0. The Morgan fingerprint density at radius 1 is 0.760 bits per heavy atom. The largest absolute Gasteiger partial charge is 0.244 e. The Morgan fingerprint density at radius 2 is 1.36 bits per heavy atom. The molecule has 0 aliphatic rings. The van der Waals surface area contributed by atoms with Crippen molar-refractivity contribution in [1.82, 2.24) is 4.57 Å². The van der Waals surface area contributed by atoms with Gasteiger partial charge in [-0.2, -0.15) is 0 Å². The number of hydrogen-bond acceptors (Lipinski definition) is 0. The predicted octanol–water partition coefficient (Wildman–Crippen LogP) is 6.13. The first-order valence-electron chi connectivity index (χ1n) is 10.5. The molecule has 0 radical (unpaired) electrons. The Balaban J connectivity index is 1.47. The molecule has 0 N–H and O–H groups in total. The van der Waals surface area contributed by atoms with Crippen LogP contribution in [0.4, 0.5) is 0 Å². The molecule has 1 aromatic carbocycles. The van der Waals surface area contributed by atoms with E-state index in [0.717, 1.165) is 13.1 Å². The molecular formula is C23H37N2+. The first kappa shape index (κ1) is 19.8. The van der Waals surface area contributed by atoms with Gasteiger partial charge < -0.3 is 0 Å². The van der Waals surface area contributed by atoms with Crippen LogP contribution < -0.4 is 4.57 Å². The van der Waals surface area contributed by atoms with Crippen molar-refractivity contribution in [1.29, 1.82) is 0 Å². The van der Waals surface area contributed by atoms with E-state index >= 15 is 0 Å². The fourth-order valence-electron chi connectivity index (χ4n) is 3.42. The van der Waals surface area contributed by atoms with Gasteiger partial charge in [0, 0.05) is 0 Å². The van der Waals surface area contributed by atoms with E-state index in [0.29, 0.717) is 0 Å². The molecule has 1 aromatic heterocycles. The zero-order valence-corrected chi connectivity index (χ0v) is 16.2. The topological polar surface area (TPSA) is 8.81 Å². The summed E-state index contributed by atoms with van der Waals surface area (Å²) in [6.45, 7) is 4.40. The molecular weight excluding hydrogens is 304 g/mol. The summed E-state index contributed by atoms with van der Waals surface area (Å²) < 4.78 is 4.60. The molecule has 2 rings (SSSR count). The highest BCUT2D eigenvalue weighted by molar-refractivity contribution is 5.13. The van der Waals surface area contributed by atoms with Crippen LogP contribution in [0.15, 0.2) is 49.1 Å².